The van der Waals surface area contributed by atoms with Crippen LogP contribution in [0.4, 0.5) is 5.82 Å². The largest absolute Gasteiger partial charge is 0.377 e. The number of alkyl halides is 1. The van der Waals surface area contributed by atoms with Crippen molar-refractivity contribution < 1.29 is 9.66 Å². The second-order valence-corrected chi connectivity index (χ2v) is 3.95. The van der Waals surface area contributed by atoms with Gasteiger partial charge in [-0.2, -0.15) is 0 Å². The Kier molecular flexibility index (Phi) is 4.95. The molecule has 84 valence electrons. The average Bonchev–Trinajstić information content (AvgIpc) is 2.55. The average molecular weight is 325 g/mol. The highest BCUT2D eigenvalue weighted by molar-refractivity contribution is 14.1. The summed E-state index contributed by atoms with van der Waals surface area (Å²) >= 11 is 2.21. The molecule has 0 radical (unpaired) electrons. The minimum atomic E-state index is -0.432. The molecule has 0 saturated carbocycles. The summed E-state index contributed by atoms with van der Waals surface area (Å²) in [5.74, 6) is 0.658. The van der Waals surface area contributed by atoms with E-state index in [0.29, 0.717) is 25.6 Å². The molecule has 0 aliphatic carbocycles. The molecule has 0 fully saturated rings. The van der Waals surface area contributed by atoms with Crippen molar-refractivity contribution in [2.75, 3.05) is 17.6 Å². The second kappa shape index (κ2) is 6.01. The molecular weight excluding hydrogens is 313 g/mol. The van der Waals surface area contributed by atoms with Gasteiger partial charge in [0.05, 0.1) is 13.2 Å². The van der Waals surface area contributed by atoms with Crippen molar-refractivity contribution in [3.63, 3.8) is 0 Å². The number of nitro groups is 1. The van der Waals surface area contributed by atoms with E-state index in [4.69, 9.17) is 4.74 Å². The maximum Gasteiger partial charge on any atom is 0.342 e. The number of aryl methyl sites for hydroxylation is 1. The monoisotopic (exact) mass is 325 g/mol. The Labute approximate surface area is 101 Å². The number of halogens is 1. The minimum Gasteiger partial charge on any atom is -0.377 e. The number of hydrogen-bond acceptors (Lipinski definition) is 4. The Balaban J connectivity index is 2.58. The molecule has 0 bridgehead atoms. The topological polar surface area (TPSA) is 70.2 Å². The van der Waals surface area contributed by atoms with Crippen LogP contribution in [0.3, 0.4) is 0 Å². The normalized spacial score (nSPS) is 10.5. The molecule has 0 atom stereocenters. The van der Waals surface area contributed by atoms with Crippen LogP contribution in [0.1, 0.15) is 5.82 Å². The van der Waals surface area contributed by atoms with Gasteiger partial charge in [-0.3, -0.25) is 0 Å². The highest BCUT2D eigenvalue weighted by Gasteiger charge is 2.16. The van der Waals surface area contributed by atoms with Gasteiger partial charge in [0.25, 0.3) is 0 Å². The third-order valence-corrected chi connectivity index (χ3v) is 2.34. The van der Waals surface area contributed by atoms with Gasteiger partial charge in [-0.05, 0) is 4.92 Å². The van der Waals surface area contributed by atoms with Crippen LogP contribution in [0, 0.1) is 17.0 Å². The van der Waals surface area contributed by atoms with E-state index in [1.54, 1.807) is 11.5 Å². The highest BCUT2D eigenvalue weighted by atomic mass is 127. The van der Waals surface area contributed by atoms with Crippen LogP contribution in [-0.2, 0) is 11.3 Å². The zero-order chi connectivity index (χ0) is 11.3. The lowest BCUT2D eigenvalue weighted by molar-refractivity contribution is -0.392. The maximum absolute atomic E-state index is 10.6. The molecule has 0 saturated heterocycles. The molecule has 1 aromatic rings. The van der Waals surface area contributed by atoms with Crippen molar-refractivity contribution in [3.8, 4) is 0 Å². The van der Waals surface area contributed by atoms with Crippen LogP contribution in [0.25, 0.3) is 0 Å². The van der Waals surface area contributed by atoms with E-state index in [2.05, 4.69) is 27.6 Å². The Morgan fingerprint density at radius 2 is 2.40 bits per heavy atom. The van der Waals surface area contributed by atoms with E-state index in [1.165, 1.54) is 6.20 Å². The first-order chi connectivity index (χ1) is 7.16. The van der Waals surface area contributed by atoms with Crippen molar-refractivity contribution >= 4 is 28.4 Å². The van der Waals surface area contributed by atoms with E-state index in [-0.39, 0.29) is 5.82 Å². The Hall–Kier alpha value is -0.700. The van der Waals surface area contributed by atoms with Crippen molar-refractivity contribution in [2.24, 2.45) is 0 Å². The fraction of sp³-hybridized carbons (Fsp3) is 0.625. The van der Waals surface area contributed by atoms with Crippen LogP contribution in [-0.4, -0.2) is 32.1 Å². The first kappa shape index (κ1) is 12.4. The molecule has 0 aliphatic rings. The van der Waals surface area contributed by atoms with Crippen LogP contribution < -0.4 is 0 Å². The van der Waals surface area contributed by atoms with E-state index in [0.717, 1.165) is 4.43 Å². The van der Waals surface area contributed by atoms with Gasteiger partial charge in [-0.1, -0.05) is 22.6 Å². The first-order valence-corrected chi connectivity index (χ1v) is 5.99. The van der Waals surface area contributed by atoms with Gasteiger partial charge < -0.3 is 14.9 Å². The van der Waals surface area contributed by atoms with Crippen molar-refractivity contribution in [1.29, 1.82) is 0 Å². The smallest absolute Gasteiger partial charge is 0.342 e. The fourth-order valence-corrected chi connectivity index (χ4v) is 1.50. The summed E-state index contributed by atoms with van der Waals surface area (Å²) in [6.07, 6.45) is 1.27. The summed E-state index contributed by atoms with van der Waals surface area (Å²) in [5.41, 5.74) is 0. The Morgan fingerprint density at radius 3 is 3.00 bits per heavy atom. The summed E-state index contributed by atoms with van der Waals surface area (Å²) in [6, 6.07) is 0. The van der Waals surface area contributed by atoms with Gasteiger partial charge in [-0.25, -0.2) is 9.55 Å². The second-order valence-electron chi connectivity index (χ2n) is 2.87. The maximum atomic E-state index is 10.6. The summed E-state index contributed by atoms with van der Waals surface area (Å²) < 4.78 is 7.74. The van der Waals surface area contributed by atoms with E-state index in [1.807, 2.05) is 0 Å². The van der Waals surface area contributed by atoms with Crippen molar-refractivity contribution in [1.82, 2.24) is 9.55 Å². The van der Waals surface area contributed by atoms with Gasteiger partial charge in [0.15, 0.2) is 5.82 Å². The summed E-state index contributed by atoms with van der Waals surface area (Å²) in [4.78, 5) is 14.1. The predicted octanol–water partition coefficient (Wildman–Crippen LogP) is 1.55. The van der Waals surface area contributed by atoms with Gasteiger partial charge in [-0.15, -0.1) is 0 Å². The quantitative estimate of drug-likeness (QED) is 0.262. The molecular formula is C8H12IN3O3. The lowest BCUT2D eigenvalue weighted by Gasteiger charge is -2.03. The molecule has 0 unspecified atom stereocenters. The molecule has 1 aromatic heterocycles. The van der Waals surface area contributed by atoms with E-state index < -0.39 is 4.92 Å². The summed E-state index contributed by atoms with van der Waals surface area (Å²) in [5, 5.41) is 10.6. The Morgan fingerprint density at radius 1 is 1.67 bits per heavy atom. The Bertz CT molecular complexity index is 340. The highest BCUT2D eigenvalue weighted by Crippen LogP contribution is 2.12. The fourth-order valence-electron chi connectivity index (χ4n) is 1.19. The number of ether oxygens (including phenoxy) is 1. The summed E-state index contributed by atoms with van der Waals surface area (Å²) in [7, 11) is 0. The molecule has 0 amide bonds. The number of aromatic nitrogens is 2. The number of rotatable bonds is 6. The molecule has 6 nitrogen and oxygen atoms in total. The number of hydrogen-bond donors (Lipinski definition) is 0. The third-order valence-electron chi connectivity index (χ3n) is 1.90. The molecule has 0 aromatic carbocycles. The van der Waals surface area contributed by atoms with Crippen LogP contribution in [0.5, 0.6) is 0 Å². The standard InChI is InChI=1S/C8H12IN3O3/c1-7-10-6-8(12(13)14)11(7)3-5-15-4-2-9/h6H,2-5H2,1H3. The molecule has 0 N–H and O–H groups in total. The molecule has 7 heteroatoms. The van der Waals surface area contributed by atoms with Gasteiger partial charge in [0.2, 0.25) is 0 Å². The minimum absolute atomic E-state index is 0.0190. The third kappa shape index (κ3) is 3.42. The molecule has 0 spiro atoms. The van der Waals surface area contributed by atoms with Crippen molar-refractivity contribution in [2.45, 2.75) is 13.5 Å². The van der Waals surface area contributed by atoms with Crippen LogP contribution in [0.15, 0.2) is 6.20 Å². The molecule has 1 rings (SSSR count). The van der Waals surface area contributed by atoms with Crippen molar-refractivity contribution in [3.05, 3.63) is 22.1 Å². The SMILES string of the molecule is Cc1ncc([N+](=O)[O-])n1CCOCCI. The van der Waals surface area contributed by atoms with Crippen LogP contribution in [0.2, 0.25) is 0 Å². The zero-order valence-corrected chi connectivity index (χ0v) is 10.5. The number of nitrogens with zero attached hydrogens (tertiary/aromatic N) is 3. The predicted molar refractivity (Wildman–Crippen MR) is 63.3 cm³/mol. The van der Waals surface area contributed by atoms with Crippen LogP contribution >= 0.6 is 22.6 Å². The van der Waals surface area contributed by atoms with Gasteiger partial charge in [0.1, 0.15) is 12.7 Å². The first-order valence-electron chi connectivity index (χ1n) is 4.47. The lowest BCUT2D eigenvalue weighted by Crippen LogP contribution is -2.10. The molecule has 15 heavy (non-hydrogen) atoms. The molecule has 0 aliphatic heterocycles. The zero-order valence-electron chi connectivity index (χ0n) is 8.35. The number of imidazole rings is 1. The van der Waals surface area contributed by atoms with E-state index >= 15 is 0 Å². The molecule has 1 heterocycles. The lowest BCUT2D eigenvalue weighted by atomic mass is 10.6. The van der Waals surface area contributed by atoms with Gasteiger partial charge >= 0.3 is 5.82 Å². The summed E-state index contributed by atoms with van der Waals surface area (Å²) in [6.45, 7) is 3.35. The van der Waals surface area contributed by atoms with E-state index in [9.17, 15) is 10.1 Å². The van der Waals surface area contributed by atoms with Gasteiger partial charge in [0, 0.05) is 11.4 Å².